The lowest BCUT2D eigenvalue weighted by Crippen LogP contribution is -2.14. The normalized spacial score (nSPS) is 10.1. The minimum atomic E-state index is -0.335. The molecule has 0 aliphatic rings. The number of carbonyl (C=O) groups excluding carboxylic acids is 1. The number of aromatic hydroxyl groups is 1. The van der Waals surface area contributed by atoms with Crippen LogP contribution in [0, 0.1) is 6.92 Å². The molecule has 0 aliphatic heterocycles. The molecular formula is C18H19NO3. The van der Waals surface area contributed by atoms with E-state index in [1.54, 1.807) is 42.5 Å². The lowest BCUT2D eigenvalue weighted by Gasteiger charge is -2.12. The van der Waals surface area contributed by atoms with Crippen molar-refractivity contribution < 1.29 is 14.6 Å². The van der Waals surface area contributed by atoms with Crippen molar-refractivity contribution in [2.45, 2.75) is 13.8 Å². The molecule has 0 saturated heterocycles. The number of rotatable bonds is 5. The van der Waals surface area contributed by atoms with Crippen molar-refractivity contribution in [1.82, 2.24) is 0 Å². The second kappa shape index (κ2) is 6.80. The van der Waals surface area contributed by atoms with Crippen LogP contribution in [0.4, 0.5) is 5.69 Å². The van der Waals surface area contributed by atoms with Gasteiger partial charge in [0.1, 0.15) is 18.1 Å². The molecule has 0 unspecified atom stereocenters. The molecule has 4 heteroatoms. The number of amides is 1. The fraction of sp³-hybridized carbons (Fsp3) is 0.167. The highest BCUT2D eigenvalue weighted by molar-refractivity contribution is 6.06. The quantitative estimate of drug-likeness (QED) is 0.650. The first-order chi connectivity index (χ1) is 10.5. The standard InChI is InChI=1S/C18H19NO3/c1-12(2)11-22-17-7-5-4-6-14(17)18(21)19-15-10-13(3)8-9-16(15)20/h4-10,20H,1,11H2,2-3H3,(H,19,21). The van der Waals surface area contributed by atoms with Crippen LogP contribution in [0.3, 0.4) is 0 Å². The Hall–Kier alpha value is -2.75. The molecule has 2 aromatic carbocycles. The molecule has 0 radical (unpaired) electrons. The molecule has 0 saturated carbocycles. The zero-order valence-electron chi connectivity index (χ0n) is 12.7. The summed E-state index contributed by atoms with van der Waals surface area (Å²) in [6.45, 7) is 7.86. The van der Waals surface area contributed by atoms with E-state index in [-0.39, 0.29) is 11.7 Å². The lowest BCUT2D eigenvalue weighted by atomic mass is 10.1. The van der Waals surface area contributed by atoms with Gasteiger partial charge in [-0.1, -0.05) is 24.8 Å². The number of phenolic OH excluding ortho intramolecular Hbond substituents is 1. The van der Waals surface area contributed by atoms with E-state index in [1.165, 1.54) is 0 Å². The van der Waals surface area contributed by atoms with Crippen molar-refractivity contribution in [3.05, 3.63) is 65.7 Å². The number of anilines is 1. The van der Waals surface area contributed by atoms with Crippen molar-refractivity contribution in [1.29, 1.82) is 0 Å². The number of nitrogens with one attached hydrogen (secondary N) is 1. The zero-order chi connectivity index (χ0) is 16.1. The molecule has 4 nitrogen and oxygen atoms in total. The lowest BCUT2D eigenvalue weighted by molar-refractivity contribution is 0.102. The molecule has 2 aromatic rings. The summed E-state index contributed by atoms with van der Waals surface area (Å²) in [6, 6.07) is 12.0. The van der Waals surface area contributed by atoms with Gasteiger partial charge in [-0.05, 0) is 49.2 Å². The summed E-state index contributed by atoms with van der Waals surface area (Å²) < 4.78 is 5.59. The summed E-state index contributed by atoms with van der Waals surface area (Å²) in [6.07, 6.45) is 0. The number of phenols is 1. The Balaban J connectivity index is 2.22. The van der Waals surface area contributed by atoms with Gasteiger partial charge in [0.25, 0.3) is 5.91 Å². The molecule has 2 N–H and O–H groups in total. The molecule has 114 valence electrons. The average molecular weight is 297 g/mol. The Kier molecular flexibility index (Phi) is 4.84. The Labute approximate surface area is 130 Å². The molecule has 0 aromatic heterocycles. The number of hydrogen-bond donors (Lipinski definition) is 2. The molecule has 22 heavy (non-hydrogen) atoms. The van der Waals surface area contributed by atoms with Gasteiger partial charge in [0, 0.05) is 0 Å². The summed E-state index contributed by atoms with van der Waals surface area (Å²) in [4.78, 5) is 12.4. The highest BCUT2D eigenvalue weighted by Crippen LogP contribution is 2.26. The minimum absolute atomic E-state index is 0.0271. The highest BCUT2D eigenvalue weighted by atomic mass is 16.5. The Morgan fingerprint density at radius 2 is 2.00 bits per heavy atom. The summed E-state index contributed by atoms with van der Waals surface area (Å²) in [5.41, 5.74) is 2.59. The van der Waals surface area contributed by atoms with Gasteiger partial charge in [-0.3, -0.25) is 4.79 Å². The third-order valence-corrected chi connectivity index (χ3v) is 3.01. The van der Waals surface area contributed by atoms with Gasteiger partial charge in [0.05, 0.1) is 11.3 Å². The Morgan fingerprint density at radius 3 is 2.73 bits per heavy atom. The second-order valence-electron chi connectivity index (χ2n) is 5.22. The minimum Gasteiger partial charge on any atom is -0.506 e. The smallest absolute Gasteiger partial charge is 0.259 e. The molecule has 0 spiro atoms. The van der Waals surface area contributed by atoms with Crippen LogP contribution in [0.5, 0.6) is 11.5 Å². The first kappa shape index (κ1) is 15.6. The van der Waals surface area contributed by atoms with Crippen LogP contribution in [0.2, 0.25) is 0 Å². The Bertz CT molecular complexity index is 707. The molecule has 1 amide bonds. The second-order valence-corrected chi connectivity index (χ2v) is 5.22. The van der Waals surface area contributed by atoms with Crippen molar-refractivity contribution in [2.24, 2.45) is 0 Å². The first-order valence-corrected chi connectivity index (χ1v) is 6.94. The van der Waals surface area contributed by atoms with E-state index in [0.29, 0.717) is 23.6 Å². The van der Waals surface area contributed by atoms with E-state index in [2.05, 4.69) is 11.9 Å². The van der Waals surface area contributed by atoms with Crippen molar-refractivity contribution in [3.8, 4) is 11.5 Å². The van der Waals surface area contributed by atoms with Crippen molar-refractivity contribution >= 4 is 11.6 Å². The van der Waals surface area contributed by atoms with Crippen LogP contribution in [0.25, 0.3) is 0 Å². The fourth-order valence-corrected chi connectivity index (χ4v) is 1.92. The van der Waals surface area contributed by atoms with Gasteiger partial charge >= 0.3 is 0 Å². The zero-order valence-corrected chi connectivity index (χ0v) is 12.7. The number of hydrogen-bond acceptors (Lipinski definition) is 3. The van der Waals surface area contributed by atoms with Gasteiger partial charge < -0.3 is 15.2 Å². The highest BCUT2D eigenvalue weighted by Gasteiger charge is 2.14. The molecular weight excluding hydrogens is 278 g/mol. The molecule has 0 heterocycles. The summed E-state index contributed by atoms with van der Waals surface area (Å²) in [5, 5.41) is 12.5. The van der Waals surface area contributed by atoms with Crippen LogP contribution < -0.4 is 10.1 Å². The van der Waals surface area contributed by atoms with Crippen LogP contribution in [0.15, 0.2) is 54.6 Å². The van der Waals surface area contributed by atoms with Gasteiger partial charge in [0.15, 0.2) is 0 Å². The predicted molar refractivity (Wildman–Crippen MR) is 87.5 cm³/mol. The van der Waals surface area contributed by atoms with Crippen molar-refractivity contribution in [2.75, 3.05) is 11.9 Å². The monoisotopic (exact) mass is 297 g/mol. The maximum atomic E-state index is 12.4. The molecule has 0 aliphatic carbocycles. The fourth-order valence-electron chi connectivity index (χ4n) is 1.92. The molecule has 2 rings (SSSR count). The summed E-state index contributed by atoms with van der Waals surface area (Å²) in [7, 11) is 0. The van der Waals surface area contributed by atoms with Gasteiger partial charge in [-0.2, -0.15) is 0 Å². The maximum absolute atomic E-state index is 12.4. The maximum Gasteiger partial charge on any atom is 0.259 e. The molecule has 0 fully saturated rings. The third-order valence-electron chi connectivity index (χ3n) is 3.01. The number of carbonyl (C=O) groups is 1. The van der Waals surface area contributed by atoms with Crippen LogP contribution in [-0.2, 0) is 0 Å². The summed E-state index contributed by atoms with van der Waals surface area (Å²) in [5.74, 6) is 0.174. The van der Waals surface area contributed by atoms with E-state index in [1.807, 2.05) is 13.8 Å². The third kappa shape index (κ3) is 3.88. The van der Waals surface area contributed by atoms with Crippen LogP contribution in [0.1, 0.15) is 22.8 Å². The van der Waals surface area contributed by atoms with E-state index in [0.717, 1.165) is 11.1 Å². The van der Waals surface area contributed by atoms with E-state index < -0.39 is 0 Å². The molecule has 0 atom stereocenters. The van der Waals surface area contributed by atoms with Gasteiger partial charge in [0.2, 0.25) is 0 Å². The van der Waals surface area contributed by atoms with E-state index >= 15 is 0 Å². The topological polar surface area (TPSA) is 58.6 Å². The van der Waals surface area contributed by atoms with E-state index in [9.17, 15) is 9.90 Å². The number of aryl methyl sites for hydroxylation is 1. The number of benzene rings is 2. The average Bonchev–Trinajstić information content (AvgIpc) is 2.49. The van der Waals surface area contributed by atoms with Gasteiger partial charge in [-0.15, -0.1) is 0 Å². The number of para-hydroxylation sites is 1. The molecule has 0 bridgehead atoms. The largest absolute Gasteiger partial charge is 0.506 e. The predicted octanol–water partition coefficient (Wildman–Crippen LogP) is 3.91. The Morgan fingerprint density at radius 1 is 1.27 bits per heavy atom. The number of ether oxygens (including phenoxy) is 1. The first-order valence-electron chi connectivity index (χ1n) is 6.94. The van der Waals surface area contributed by atoms with Crippen LogP contribution in [-0.4, -0.2) is 17.6 Å². The SMILES string of the molecule is C=C(C)COc1ccccc1C(=O)Nc1cc(C)ccc1O. The summed E-state index contributed by atoms with van der Waals surface area (Å²) >= 11 is 0. The van der Waals surface area contributed by atoms with E-state index in [4.69, 9.17) is 4.74 Å². The van der Waals surface area contributed by atoms with Crippen LogP contribution >= 0.6 is 0 Å². The van der Waals surface area contributed by atoms with Crippen molar-refractivity contribution in [3.63, 3.8) is 0 Å². The van der Waals surface area contributed by atoms with Gasteiger partial charge in [-0.25, -0.2) is 0 Å².